The molecular formula is C10H18BrNO2. The maximum absolute atomic E-state index is 11.2. The SMILES string of the molecule is COC(=O)C(Br)CN1CC(C)C(C)C1. The first-order valence-electron chi connectivity index (χ1n) is 4.98. The summed E-state index contributed by atoms with van der Waals surface area (Å²) in [5.74, 6) is 1.27. The van der Waals surface area contributed by atoms with E-state index in [1.54, 1.807) is 0 Å². The molecule has 0 aliphatic carbocycles. The quantitative estimate of drug-likeness (QED) is 0.571. The van der Waals surface area contributed by atoms with Crippen LogP contribution in [-0.2, 0) is 9.53 Å². The number of rotatable bonds is 3. The molecule has 1 fully saturated rings. The van der Waals surface area contributed by atoms with E-state index in [1.807, 2.05) is 0 Å². The van der Waals surface area contributed by atoms with E-state index in [-0.39, 0.29) is 10.8 Å². The molecule has 14 heavy (non-hydrogen) atoms. The molecule has 0 aromatic heterocycles. The van der Waals surface area contributed by atoms with Crippen molar-refractivity contribution in [1.82, 2.24) is 4.90 Å². The number of ether oxygens (including phenoxy) is 1. The molecule has 3 unspecified atom stereocenters. The van der Waals surface area contributed by atoms with Crippen molar-refractivity contribution in [2.75, 3.05) is 26.7 Å². The first kappa shape index (κ1) is 12.0. The van der Waals surface area contributed by atoms with Crippen molar-refractivity contribution >= 4 is 21.9 Å². The van der Waals surface area contributed by atoms with Crippen LogP contribution in [0.1, 0.15) is 13.8 Å². The molecule has 0 aromatic rings. The summed E-state index contributed by atoms with van der Waals surface area (Å²) in [5.41, 5.74) is 0. The van der Waals surface area contributed by atoms with Crippen molar-refractivity contribution in [2.24, 2.45) is 11.8 Å². The molecule has 4 heteroatoms. The van der Waals surface area contributed by atoms with Crippen LogP contribution in [-0.4, -0.2) is 42.4 Å². The van der Waals surface area contributed by atoms with Crippen molar-refractivity contribution < 1.29 is 9.53 Å². The van der Waals surface area contributed by atoms with Crippen molar-refractivity contribution in [3.8, 4) is 0 Å². The Labute approximate surface area is 93.9 Å². The normalized spacial score (nSPS) is 30.3. The van der Waals surface area contributed by atoms with Crippen LogP contribution in [0.3, 0.4) is 0 Å². The van der Waals surface area contributed by atoms with Crippen LogP contribution in [0.5, 0.6) is 0 Å². The van der Waals surface area contributed by atoms with Gasteiger partial charge in [0.15, 0.2) is 0 Å². The fourth-order valence-corrected chi connectivity index (χ4v) is 2.42. The third-order valence-electron chi connectivity index (χ3n) is 2.94. The molecule has 0 N–H and O–H groups in total. The second kappa shape index (κ2) is 5.12. The Kier molecular flexibility index (Phi) is 4.38. The Balaban J connectivity index is 2.35. The number of hydrogen-bond donors (Lipinski definition) is 0. The Hall–Kier alpha value is -0.0900. The summed E-state index contributed by atoms with van der Waals surface area (Å²) in [7, 11) is 1.42. The van der Waals surface area contributed by atoms with Crippen molar-refractivity contribution in [3.63, 3.8) is 0 Å². The number of halogens is 1. The number of carbonyl (C=O) groups is 1. The molecule has 0 saturated carbocycles. The molecule has 1 aliphatic heterocycles. The predicted molar refractivity (Wildman–Crippen MR) is 59.5 cm³/mol. The van der Waals surface area contributed by atoms with Gasteiger partial charge in [-0.1, -0.05) is 29.8 Å². The molecule has 1 saturated heterocycles. The van der Waals surface area contributed by atoms with Crippen LogP contribution in [0.4, 0.5) is 0 Å². The van der Waals surface area contributed by atoms with E-state index in [4.69, 9.17) is 0 Å². The summed E-state index contributed by atoms with van der Waals surface area (Å²) in [5, 5.41) is 0. The standard InChI is InChI=1S/C10H18BrNO2/c1-7-4-12(5-8(7)2)6-9(11)10(13)14-3/h7-9H,4-6H2,1-3H3. The average molecular weight is 264 g/mol. The van der Waals surface area contributed by atoms with Gasteiger partial charge in [-0.25, -0.2) is 0 Å². The maximum Gasteiger partial charge on any atom is 0.320 e. The van der Waals surface area contributed by atoms with E-state index in [0.717, 1.165) is 31.5 Å². The third kappa shape index (κ3) is 2.95. The Morgan fingerprint density at radius 1 is 1.50 bits per heavy atom. The van der Waals surface area contributed by atoms with E-state index < -0.39 is 0 Å². The Bertz CT molecular complexity index is 200. The zero-order valence-electron chi connectivity index (χ0n) is 9.00. The zero-order chi connectivity index (χ0) is 10.7. The summed E-state index contributed by atoms with van der Waals surface area (Å²) in [6, 6.07) is 0. The Morgan fingerprint density at radius 3 is 2.43 bits per heavy atom. The number of hydrogen-bond acceptors (Lipinski definition) is 3. The lowest BCUT2D eigenvalue weighted by molar-refractivity contribution is -0.140. The smallest absolute Gasteiger partial charge is 0.320 e. The first-order valence-corrected chi connectivity index (χ1v) is 5.90. The van der Waals surface area contributed by atoms with Gasteiger partial charge in [0, 0.05) is 19.6 Å². The van der Waals surface area contributed by atoms with Crippen molar-refractivity contribution in [3.05, 3.63) is 0 Å². The molecule has 0 aromatic carbocycles. The van der Waals surface area contributed by atoms with E-state index in [1.165, 1.54) is 7.11 Å². The highest BCUT2D eigenvalue weighted by molar-refractivity contribution is 9.10. The third-order valence-corrected chi connectivity index (χ3v) is 3.60. The lowest BCUT2D eigenvalue weighted by Crippen LogP contribution is -2.32. The number of likely N-dealkylation sites (tertiary alicyclic amines) is 1. The van der Waals surface area contributed by atoms with Crippen LogP contribution in [0.2, 0.25) is 0 Å². The van der Waals surface area contributed by atoms with Crippen LogP contribution in [0.15, 0.2) is 0 Å². The van der Waals surface area contributed by atoms with Gasteiger partial charge in [-0.2, -0.15) is 0 Å². The van der Waals surface area contributed by atoms with Gasteiger partial charge in [0.25, 0.3) is 0 Å². The second-order valence-electron chi connectivity index (χ2n) is 4.16. The highest BCUT2D eigenvalue weighted by Crippen LogP contribution is 2.22. The summed E-state index contributed by atoms with van der Waals surface area (Å²) in [4.78, 5) is 13.3. The average Bonchev–Trinajstić information content (AvgIpc) is 2.44. The monoisotopic (exact) mass is 263 g/mol. The van der Waals surface area contributed by atoms with Gasteiger partial charge < -0.3 is 9.64 Å². The van der Waals surface area contributed by atoms with Gasteiger partial charge in [0.1, 0.15) is 4.83 Å². The fraction of sp³-hybridized carbons (Fsp3) is 0.900. The summed E-state index contributed by atoms with van der Waals surface area (Å²) >= 11 is 3.34. The number of carbonyl (C=O) groups excluding carboxylic acids is 1. The lowest BCUT2D eigenvalue weighted by Gasteiger charge is -2.17. The second-order valence-corrected chi connectivity index (χ2v) is 5.27. The minimum absolute atomic E-state index is 0.183. The van der Waals surface area contributed by atoms with Gasteiger partial charge in [-0.15, -0.1) is 0 Å². The number of methoxy groups -OCH3 is 1. The molecule has 1 rings (SSSR count). The molecule has 3 nitrogen and oxygen atoms in total. The van der Waals surface area contributed by atoms with Gasteiger partial charge in [0.05, 0.1) is 7.11 Å². The van der Waals surface area contributed by atoms with Gasteiger partial charge in [-0.05, 0) is 11.8 Å². The predicted octanol–water partition coefficient (Wildman–Crippen LogP) is 1.51. The van der Waals surface area contributed by atoms with Crippen LogP contribution < -0.4 is 0 Å². The van der Waals surface area contributed by atoms with Gasteiger partial charge in [-0.3, -0.25) is 4.79 Å². The zero-order valence-corrected chi connectivity index (χ0v) is 10.6. The van der Waals surface area contributed by atoms with Gasteiger partial charge in [0.2, 0.25) is 0 Å². The molecule has 0 radical (unpaired) electrons. The highest BCUT2D eigenvalue weighted by Gasteiger charge is 2.28. The molecular weight excluding hydrogens is 246 g/mol. The van der Waals surface area contributed by atoms with Crippen LogP contribution in [0.25, 0.3) is 0 Å². The molecule has 3 atom stereocenters. The number of esters is 1. The van der Waals surface area contributed by atoms with E-state index in [2.05, 4.69) is 39.4 Å². The Morgan fingerprint density at radius 2 is 2.00 bits per heavy atom. The number of nitrogens with zero attached hydrogens (tertiary/aromatic N) is 1. The van der Waals surface area contributed by atoms with E-state index >= 15 is 0 Å². The first-order chi connectivity index (χ1) is 6.54. The molecule has 1 heterocycles. The lowest BCUT2D eigenvalue weighted by atomic mass is 10.0. The minimum Gasteiger partial charge on any atom is -0.468 e. The largest absolute Gasteiger partial charge is 0.468 e. The van der Waals surface area contributed by atoms with Gasteiger partial charge >= 0.3 is 5.97 Å². The summed E-state index contributed by atoms with van der Waals surface area (Å²) in [6.45, 7) is 7.43. The minimum atomic E-state index is -0.190. The van der Waals surface area contributed by atoms with Crippen molar-refractivity contribution in [1.29, 1.82) is 0 Å². The van der Waals surface area contributed by atoms with E-state index in [9.17, 15) is 4.79 Å². The molecule has 82 valence electrons. The van der Waals surface area contributed by atoms with Crippen LogP contribution in [0, 0.1) is 11.8 Å². The van der Waals surface area contributed by atoms with E-state index in [0.29, 0.717) is 0 Å². The topological polar surface area (TPSA) is 29.5 Å². The molecule has 0 bridgehead atoms. The number of alkyl halides is 1. The highest BCUT2D eigenvalue weighted by atomic mass is 79.9. The molecule has 0 spiro atoms. The van der Waals surface area contributed by atoms with Crippen molar-refractivity contribution in [2.45, 2.75) is 18.7 Å². The fourth-order valence-electron chi connectivity index (χ4n) is 1.83. The summed E-state index contributed by atoms with van der Waals surface area (Å²) < 4.78 is 4.66. The molecule has 1 aliphatic rings. The van der Waals surface area contributed by atoms with Crippen LogP contribution >= 0.6 is 15.9 Å². The molecule has 0 amide bonds. The maximum atomic E-state index is 11.2. The summed E-state index contributed by atoms with van der Waals surface area (Å²) in [6.07, 6.45) is 0.